The van der Waals surface area contributed by atoms with E-state index in [9.17, 15) is 0 Å². The average molecular weight is 488 g/mol. The third-order valence-corrected chi connectivity index (χ3v) is 5.04. The van der Waals surface area contributed by atoms with Crippen LogP contribution < -0.4 is 0 Å². The molecule has 0 radical (unpaired) electrons. The molecule has 2 nitrogen and oxygen atoms in total. The molecule has 0 aliphatic heterocycles. The molecular formula is C18H10Cl3IN2. The Labute approximate surface area is 167 Å². The molecule has 120 valence electrons. The van der Waals surface area contributed by atoms with Crippen LogP contribution in [0.4, 0.5) is 0 Å². The molecule has 0 aliphatic rings. The van der Waals surface area contributed by atoms with Crippen molar-refractivity contribution in [1.82, 2.24) is 9.97 Å². The van der Waals surface area contributed by atoms with Crippen molar-refractivity contribution in [3.8, 4) is 0 Å². The number of rotatable bonds is 0. The molecule has 2 aromatic heterocycles. The van der Waals surface area contributed by atoms with Gasteiger partial charge in [0.1, 0.15) is 0 Å². The Morgan fingerprint density at radius 3 is 1.88 bits per heavy atom. The van der Waals surface area contributed by atoms with Gasteiger partial charge >= 0.3 is 0 Å². The Morgan fingerprint density at radius 2 is 1.21 bits per heavy atom. The van der Waals surface area contributed by atoms with Gasteiger partial charge in [-0.05, 0) is 65.1 Å². The molecule has 0 N–H and O–H groups in total. The quantitative estimate of drug-likeness (QED) is 0.249. The zero-order chi connectivity index (χ0) is 17.1. The predicted octanol–water partition coefficient (Wildman–Crippen LogP) is 7.03. The molecule has 0 aliphatic carbocycles. The molecule has 2 heterocycles. The molecule has 0 amide bonds. The van der Waals surface area contributed by atoms with Gasteiger partial charge in [0.2, 0.25) is 0 Å². The second-order valence-electron chi connectivity index (χ2n) is 4.91. The summed E-state index contributed by atoms with van der Waals surface area (Å²) in [5.41, 5.74) is 1.78. The Balaban J connectivity index is 0.000000141. The monoisotopic (exact) mass is 486 g/mol. The maximum absolute atomic E-state index is 5.93. The number of nitrogens with zero attached hydrogens (tertiary/aromatic N) is 2. The standard InChI is InChI=1S/C9H5Cl2N.C9H5ClIN/c2*10-6-1-2-7-8(11)3-4-12-9(7)5-6/h2*1-5H. The molecule has 0 spiro atoms. The molecule has 2 aromatic carbocycles. The Morgan fingerprint density at radius 1 is 0.667 bits per heavy atom. The Bertz CT molecular complexity index is 938. The third-order valence-electron chi connectivity index (χ3n) is 3.30. The number of hydrogen-bond donors (Lipinski definition) is 0. The van der Waals surface area contributed by atoms with E-state index in [1.165, 1.54) is 3.57 Å². The van der Waals surface area contributed by atoms with Crippen LogP contribution >= 0.6 is 57.4 Å². The van der Waals surface area contributed by atoms with Crippen molar-refractivity contribution < 1.29 is 0 Å². The molecule has 24 heavy (non-hydrogen) atoms. The van der Waals surface area contributed by atoms with Crippen molar-refractivity contribution in [3.63, 3.8) is 0 Å². The molecule has 6 heteroatoms. The van der Waals surface area contributed by atoms with E-state index in [-0.39, 0.29) is 0 Å². The zero-order valence-electron chi connectivity index (χ0n) is 12.2. The second kappa shape index (κ2) is 7.83. The number of hydrogen-bond acceptors (Lipinski definition) is 2. The molecule has 0 saturated heterocycles. The van der Waals surface area contributed by atoms with Gasteiger partial charge in [-0.25, -0.2) is 0 Å². The van der Waals surface area contributed by atoms with Crippen molar-refractivity contribution in [2.24, 2.45) is 0 Å². The van der Waals surface area contributed by atoms with Crippen molar-refractivity contribution in [2.45, 2.75) is 0 Å². The van der Waals surface area contributed by atoms with E-state index in [1.807, 2.05) is 30.3 Å². The topological polar surface area (TPSA) is 25.8 Å². The first-order valence-electron chi connectivity index (χ1n) is 6.94. The fourth-order valence-electron chi connectivity index (χ4n) is 2.17. The first-order chi connectivity index (χ1) is 11.5. The highest BCUT2D eigenvalue weighted by Gasteiger charge is 1.99. The van der Waals surface area contributed by atoms with Crippen LogP contribution in [0.15, 0.2) is 60.9 Å². The SMILES string of the molecule is Clc1ccc2c(Cl)ccnc2c1.Clc1ccc2c(I)ccnc2c1. The van der Waals surface area contributed by atoms with Crippen LogP contribution in [0.2, 0.25) is 15.1 Å². The summed E-state index contributed by atoms with van der Waals surface area (Å²) in [7, 11) is 0. The lowest BCUT2D eigenvalue weighted by molar-refractivity contribution is 1.40. The highest BCUT2D eigenvalue weighted by molar-refractivity contribution is 14.1. The summed E-state index contributed by atoms with van der Waals surface area (Å²) in [6.07, 6.45) is 3.46. The number of pyridine rings is 2. The van der Waals surface area contributed by atoms with Crippen LogP contribution in [0.25, 0.3) is 21.8 Å². The Hall–Kier alpha value is -1.14. The van der Waals surface area contributed by atoms with Gasteiger partial charge in [0.25, 0.3) is 0 Å². The van der Waals surface area contributed by atoms with Crippen molar-refractivity contribution >= 4 is 79.2 Å². The molecule has 0 fully saturated rings. The minimum Gasteiger partial charge on any atom is -0.256 e. The molecule has 0 atom stereocenters. The van der Waals surface area contributed by atoms with Crippen molar-refractivity contribution in [3.05, 3.63) is 79.6 Å². The van der Waals surface area contributed by atoms with E-state index in [2.05, 4.69) is 32.6 Å². The normalized spacial score (nSPS) is 10.5. The number of benzene rings is 2. The zero-order valence-corrected chi connectivity index (χ0v) is 16.6. The van der Waals surface area contributed by atoms with E-state index >= 15 is 0 Å². The lowest BCUT2D eigenvalue weighted by Crippen LogP contribution is -1.80. The largest absolute Gasteiger partial charge is 0.256 e. The maximum Gasteiger partial charge on any atom is 0.0731 e. The van der Waals surface area contributed by atoms with E-state index in [4.69, 9.17) is 34.8 Å². The van der Waals surface area contributed by atoms with Crippen molar-refractivity contribution in [1.29, 1.82) is 0 Å². The first-order valence-corrected chi connectivity index (χ1v) is 9.15. The van der Waals surface area contributed by atoms with Gasteiger partial charge in [0.05, 0.1) is 16.1 Å². The van der Waals surface area contributed by atoms with Crippen LogP contribution in [0.1, 0.15) is 0 Å². The Kier molecular flexibility index (Phi) is 5.76. The van der Waals surface area contributed by atoms with Crippen molar-refractivity contribution in [2.75, 3.05) is 0 Å². The fourth-order valence-corrected chi connectivity index (χ4v) is 3.34. The first kappa shape index (κ1) is 17.7. The minimum atomic E-state index is 0.678. The predicted molar refractivity (Wildman–Crippen MR) is 111 cm³/mol. The third kappa shape index (κ3) is 4.09. The molecule has 4 rings (SSSR count). The summed E-state index contributed by atoms with van der Waals surface area (Å²) in [5, 5.41) is 4.21. The van der Waals surface area contributed by atoms with Gasteiger partial charge in [-0.1, -0.05) is 40.9 Å². The van der Waals surface area contributed by atoms with Gasteiger partial charge in [0.15, 0.2) is 0 Å². The number of halogens is 4. The molecule has 0 saturated carbocycles. The minimum absolute atomic E-state index is 0.678. The van der Waals surface area contributed by atoms with Gasteiger partial charge in [-0.2, -0.15) is 0 Å². The van der Waals surface area contributed by atoms with E-state index in [1.54, 1.807) is 30.6 Å². The van der Waals surface area contributed by atoms with Crippen LogP contribution in [0.3, 0.4) is 0 Å². The second-order valence-corrected chi connectivity index (χ2v) is 7.35. The summed E-state index contributed by atoms with van der Waals surface area (Å²) < 4.78 is 1.20. The molecule has 0 bridgehead atoms. The highest BCUT2D eigenvalue weighted by Crippen LogP contribution is 2.24. The maximum atomic E-state index is 5.93. The fraction of sp³-hybridized carbons (Fsp3) is 0. The summed E-state index contributed by atoms with van der Waals surface area (Å²) in [6, 6.07) is 15.0. The van der Waals surface area contributed by atoms with E-state index in [0.717, 1.165) is 26.8 Å². The van der Waals surface area contributed by atoms with E-state index < -0.39 is 0 Å². The molecular weight excluding hydrogens is 477 g/mol. The number of aromatic nitrogens is 2. The number of fused-ring (bicyclic) bond motifs is 2. The van der Waals surface area contributed by atoms with Gasteiger partial charge in [0, 0.05) is 36.8 Å². The van der Waals surface area contributed by atoms with E-state index in [0.29, 0.717) is 10.0 Å². The smallest absolute Gasteiger partial charge is 0.0731 e. The van der Waals surface area contributed by atoms with Gasteiger partial charge in [-0.15, -0.1) is 0 Å². The van der Waals surface area contributed by atoms with Gasteiger partial charge in [-0.3, -0.25) is 9.97 Å². The molecule has 4 aromatic rings. The van der Waals surface area contributed by atoms with Crippen LogP contribution in [0, 0.1) is 3.57 Å². The summed E-state index contributed by atoms with van der Waals surface area (Å²) in [5.74, 6) is 0. The highest BCUT2D eigenvalue weighted by atomic mass is 127. The van der Waals surface area contributed by atoms with Crippen LogP contribution in [-0.4, -0.2) is 9.97 Å². The van der Waals surface area contributed by atoms with Crippen LogP contribution in [-0.2, 0) is 0 Å². The lowest BCUT2D eigenvalue weighted by atomic mass is 10.2. The molecule has 0 unspecified atom stereocenters. The lowest BCUT2D eigenvalue weighted by Gasteiger charge is -1.98. The average Bonchev–Trinajstić information content (AvgIpc) is 2.55. The summed E-state index contributed by atoms with van der Waals surface area (Å²) >= 11 is 19.8. The summed E-state index contributed by atoms with van der Waals surface area (Å²) in [6.45, 7) is 0. The summed E-state index contributed by atoms with van der Waals surface area (Å²) in [4.78, 5) is 8.35. The van der Waals surface area contributed by atoms with Gasteiger partial charge < -0.3 is 0 Å². The van der Waals surface area contributed by atoms with Crippen LogP contribution in [0.5, 0.6) is 0 Å².